The summed E-state index contributed by atoms with van der Waals surface area (Å²) >= 11 is 1.50. The molecule has 0 saturated carbocycles. The van der Waals surface area contributed by atoms with Crippen LogP contribution in [0.3, 0.4) is 0 Å². The van der Waals surface area contributed by atoms with Crippen LogP contribution in [0.2, 0.25) is 0 Å². The Hall–Kier alpha value is -1.93. The molecule has 2 N–H and O–H groups in total. The molecule has 0 aliphatic carbocycles. The van der Waals surface area contributed by atoms with Gasteiger partial charge >= 0.3 is 6.03 Å². The first-order valence-corrected chi connectivity index (χ1v) is 7.85. The van der Waals surface area contributed by atoms with Crippen molar-refractivity contribution < 1.29 is 14.3 Å². The van der Waals surface area contributed by atoms with Crippen LogP contribution in [0.1, 0.15) is 18.9 Å². The van der Waals surface area contributed by atoms with E-state index in [1.54, 1.807) is 32.1 Å². The first kappa shape index (κ1) is 16.4. The van der Waals surface area contributed by atoms with E-state index in [2.05, 4.69) is 15.6 Å². The first-order chi connectivity index (χ1) is 10.5. The van der Waals surface area contributed by atoms with Crippen LogP contribution < -0.4 is 10.6 Å². The smallest absolute Gasteiger partial charge is 0.319 e. The van der Waals surface area contributed by atoms with Gasteiger partial charge in [-0.3, -0.25) is 4.79 Å². The van der Waals surface area contributed by atoms with E-state index in [9.17, 15) is 9.59 Å². The minimum Gasteiger partial charge on any atom is -0.383 e. The van der Waals surface area contributed by atoms with Crippen molar-refractivity contribution in [3.63, 3.8) is 0 Å². The van der Waals surface area contributed by atoms with Crippen molar-refractivity contribution in [3.05, 3.63) is 27.9 Å². The summed E-state index contributed by atoms with van der Waals surface area (Å²) in [4.78, 5) is 30.2. The Labute approximate surface area is 133 Å². The van der Waals surface area contributed by atoms with Crippen molar-refractivity contribution in [2.45, 2.75) is 26.4 Å². The molecule has 0 radical (unpaired) electrons. The van der Waals surface area contributed by atoms with E-state index >= 15 is 0 Å². The van der Waals surface area contributed by atoms with Crippen LogP contribution in [0, 0.1) is 0 Å². The molecular weight excluding hydrogens is 304 g/mol. The molecule has 1 atom stereocenters. The second kappa shape index (κ2) is 7.37. The fourth-order valence-electron chi connectivity index (χ4n) is 2.33. The van der Waals surface area contributed by atoms with E-state index in [-0.39, 0.29) is 18.0 Å². The molecule has 0 unspecified atom stereocenters. The molecule has 0 spiro atoms. The third kappa shape index (κ3) is 3.83. The molecule has 120 valence electrons. The maximum atomic E-state index is 12.9. The van der Waals surface area contributed by atoms with Gasteiger partial charge in [-0.1, -0.05) is 0 Å². The first-order valence-electron chi connectivity index (χ1n) is 6.97. The van der Waals surface area contributed by atoms with Crippen LogP contribution in [-0.2, 0) is 16.1 Å². The molecule has 7 nitrogen and oxygen atoms in total. The number of methoxy groups -OCH3 is 1. The fourth-order valence-corrected chi connectivity index (χ4v) is 2.96. The number of hydrogen-bond donors (Lipinski definition) is 2. The maximum absolute atomic E-state index is 12.9. The maximum Gasteiger partial charge on any atom is 0.319 e. The lowest BCUT2D eigenvalue weighted by Crippen LogP contribution is -2.51. The van der Waals surface area contributed by atoms with Crippen molar-refractivity contribution in [1.82, 2.24) is 20.5 Å². The summed E-state index contributed by atoms with van der Waals surface area (Å²) in [6.45, 7) is 4.87. The molecule has 0 aromatic carbocycles. The van der Waals surface area contributed by atoms with E-state index in [1.807, 2.05) is 5.38 Å². The number of rotatable bonds is 6. The number of amides is 3. The van der Waals surface area contributed by atoms with Gasteiger partial charge in [0.15, 0.2) is 0 Å². The number of carbonyl (C=O) groups is 2. The van der Waals surface area contributed by atoms with Crippen molar-refractivity contribution in [1.29, 1.82) is 0 Å². The molecule has 0 bridgehead atoms. The number of ether oxygens (including phenoxy) is 1. The van der Waals surface area contributed by atoms with Crippen LogP contribution in [0.25, 0.3) is 0 Å². The van der Waals surface area contributed by atoms with Crippen molar-refractivity contribution in [3.8, 4) is 0 Å². The highest BCUT2D eigenvalue weighted by atomic mass is 32.1. The number of carbonyl (C=O) groups excluding carboxylic acids is 2. The number of urea groups is 1. The Morgan fingerprint density at radius 3 is 2.91 bits per heavy atom. The number of thiazole rings is 1. The standard InChI is InChI=1S/C14H20N4O3S/c1-9-12(10(2)17-14(20)16-9)13(19)18(5-6-21-3)8-11-15-4-7-22-11/h4,7,9H,5-6,8H2,1-3H3,(H2,16,17,20)/t9-/m0/s1. The SMILES string of the molecule is COCCN(Cc1nccs1)C(=O)C1=C(C)NC(=O)N[C@H]1C. The number of nitrogens with zero attached hydrogens (tertiary/aromatic N) is 2. The average Bonchev–Trinajstić information content (AvgIpc) is 2.95. The number of aromatic nitrogens is 1. The second-order valence-corrected chi connectivity index (χ2v) is 5.98. The normalized spacial score (nSPS) is 18.0. The largest absolute Gasteiger partial charge is 0.383 e. The van der Waals surface area contributed by atoms with Crippen LogP contribution in [-0.4, -0.2) is 48.1 Å². The molecule has 3 amide bonds. The zero-order chi connectivity index (χ0) is 16.1. The predicted octanol–water partition coefficient (Wildman–Crippen LogP) is 1.09. The van der Waals surface area contributed by atoms with Gasteiger partial charge in [-0.2, -0.15) is 0 Å². The van der Waals surface area contributed by atoms with Gasteiger partial charge in [0, 0.05) is 30.9 Å². The van der Waals surface area contributed by atoms with Gasteiger partial charge < -0.3 is 20.3 Å². The molecule has 1 aliphatic heterocycles. The van der Waals surface area contributed by atoms with E-state index in [1.165, 1.54) is 11.3 Å². The molecule has 2 heterocycles. The van der Waals surface area contributed by atoms with Gasteiger partial charge in [0.25, 0.3) is 5.91 Å². The van der Waals surface area contributed by atoms with Gasteiger partial charge in [-0.05, 0) is 13.8 Å². The minimum atomic E-state index is -0.331. The van der Waals surface area contributed by atoms with Crippen LogP contribution in [0.15, 0.2) is 22.8 Å². The molecule has 0 saturated heterocycles. The highest BCUT2D eigenvalue weighted by molar-refractivity contribution is 7.09. The zero-order valence-corrected chi connectivity index (χ0v) is 13.7. The van der Waals surface area contributed by atoms with Crippen LogP contribution >= 0.6 is 11.3 Å². The molecule has 22 heavy (non-hydrogen) atoms. The van der Waals surface area contributed by atoms with Gasteiger partial charge in [0.1, 0.15) is 5.01 Å². The summed E-state index contributed by atoms with van der Waals surface area (Å²) in [6.07, 6.45) is 1.72. The average molecular weight is 324 g/mol. The van der Waals surface area contributed by atoms with Crippen molar-refractivity contribution in [2.24, 2.45) is 0 Å². The molecule has 8 heteroatoms. The van der Waals surface area contributed by atoms with Crippen LogP contribution in [0.4, 0.5) is 4.79 Å². The lowest BCUT2D eigenvalue weighted by atomic mass is 10.0. The third-order valence-electron chi connectivity index (χ3n) is 3.38. The van der Waals surface area contributed by atoms with Gasteiger partial charge in [0.05, 0.1) is 24.8 Å². The Bertz CT molecular complexity index is 571. The van der Waals surface area contributed by atoms with Gasteiger partial charge in [-0.15, -0.1) is 11.3 Å². The zero-order valence-electron chi connectivity index (χ0n) is 12.9. The Balaban J connectivity index is 2.20. The monoisotopic (exact) mass is 324 g/mol. The molecule has 0 fully saturated rings. The Morgan fingerprint density at radius 2 is 2.32 bits per heavy atom. The second-order valence-electron chi connectivity index (χ2n) is 5.00. The quantitative estimate of drug-likeness (QED) is 0.820. The van der Waals surface area contributed by atoms with E-state index in [0.717, 1.165) is 5.01 Å². The number of hydrogen-bond acceptors (Lipinski definition) is 5. The van der Waals surface area contributed by atoms with Gasteiger partial charge in [-0.25, -0.2) is 9.78 Å². The molecule has 1 aromatic heterocycles. The van der Waals surface area contributed by atoms with E-state index in [0.29, 0.717) is 31.0 Å². The highest BCUT2D eigenvalue weighted by Gasteiger charge is 2.30. The van der Waals surface area contributed by atoms with Crippen LogP contribution in [0.5, 0.6) is 0 Å². The van der Waals surface area contributed by atoms with E-state index in [4.69, 9.17) is 4.74 Å². The molecule has 2 rings (SSSR count). The summed E-state index contributed by atoms with van der Waals surface area (Å²) in [7, 11) is 1.60. The third-order valence-corrected chi connectivity index (χ3v) is 4.14. The van der Waals surface area contributed by atoms with Crippen molar-refractivity contribution in [2.75, 3.05) is 20.3 Å². The summed E-state index contributed by atoms with van der Waals surface area (Å²) in [5.41, 5.74) is 1.15. The lowest BCUT2D eigenvalue weighted by molar-refractivity contribution is -0.128. The number of nitrogens with one attached hydrogen (secondary N) is 2. The predicted molar refractivity (Wildman–Crippen MR) is 83.2 cm³/mol. The topological polar surface area (TPSA) is 83.6 Å². The Morgan fingerprint density at radius 1 is 1.55 bits per heavy atom. The summed E-state index contributed by atoms with van der Waals surface area (Å²) < 4.78 is 5.09. The highest BCUT2D eigenvalue weighted by Crippen LogP contribution is 2.17. The minimum absolute atomic E-state index is 0.121. The molecular formula is C14H20N4O3S. The van der Waals surface area contributed by atoms with Crippen molar-refractivity contribution >= 4 is 23.3 Å². The Kier molecular flexibility index (Phi) is 5.51. The summed E-state index contributed by atoms with van der Waals surface area (Å²) in [5, 5.41) is 8.10. The van der Waals surface area contributed by atoms with E-state index < -0.39 is 0 Å². The molecule has 1 aliphatic rings. The lowest BCUT2D eigenvalue weighted by Gasteiger charge is -2.30. The van der Waals surface area contributed by atoms with Gasteiger partial charge in [0.2, 0.25) is 0 Å². The summed E-state index contributed by atoms with van der Waals surface area (Å²) in [6, 6.07) is -0.618. The molecule has 1 aromatic rings. The number of allylic oxidation sites excluding steroid dienone is 1. The fraction of sp³-hybridized carbons (Fsp3) is 0.500. The summed E-state index contributed by atoms with van der Waals surface area (Å²) in [5.74, 6) is -0.121.